The monoisotopic (exact) mass is 369 g/mol. The molecule has 0 aliphatic heterocycles. The lowest BCUT2D eigenvalue weighted by Crippen LogP contribution is -2.27. The van der Waals surface area contributed by atoms with Crippen LogP contribution in [0.3, 0.4) is 0 Å². The van der Waals surface area contributed by atoms with Crippen molar-refractivity contribution in [2.45, 2.75) is 11.4 Å². The lowest BCUT2D eigenvalue weighted by molar-refractivity contribution is 0.466. The van der Waals surface area contributed by atoms with Crippen LogP contribution in [0.25, 0.3) is 0 Å². The number of nitrogens with one attached hydrogen (secondary N) is 1. The quantitative estimate of drug-likeness (QED) is 0.879. The van der Waals surface area contributed by atoms with E-state index in [0.29, 0.717) is 16.7 Å². The molecule has 1 N–H and O–H groups in total. The van der Waals surface area contributed by atoms with Crippen LogP contribution >= 0.6 is 15.9 Å². The summed E-state index contributed by atoms with van der Waals surface area (Å²) in [6.45, 7) is 0.304. The van der Waals surface area contributed by atoms with Gasteiger partial charge in [0.2, 0.25) is 10.0 Å². The first-order chi connectivity index (χ1) is 9.96. The highest BCUT2D eigenvalue weighted by molar-refractivity contribution is 9.10. The third-order valence-electron chi connectivity index (χ3n) is 3.05. The van der Waals surface area contributed by atoms with E-state index in [9.17, 15) is 8.42 Å². The topological polar surface area (TPSA) is 62.3 Å². The Bertz CT molecular complexity index is 720. The second kappa shape index (κ2) is 6.55. The summed E-state index contributed by atoms with van der Waals surface area (Å²) in [5, 5.41) is 2.90. The zero-order chi connectivity index (χ0) is 15.5. The molecule has 0 saturated carbocycles. The van der Waals surface area contributed by atoms with Gasteiger partial charge in [-0.15, -0.1) is 0 Å². The second-order valence-electron chi connectivity index (χ2n) is 4.49. The molecule has 0 radical (unpaired) electrons. The van der Waals surface area contributed by atoms with Gasteiger partial charge in [-0.2, -0.15) is 4.31 Å². The Labute approximate surface area is 133 Å². The van der Waals surface area contributed by atoms with Gasteiger partial charge in [0.1, 0.15) is 4.90 Å². The maximum atomic E-state index is 12.7. The molecule has 2 rings (SSSR count). The van der Waals surface area contributed by atoms with E-state index in [0.717, 1.165) is 5.56 Å². The standard InChI is InChI=1S/C14H16BrN3O2S/c1-16-14-12(15)8-17-9-13(14)21(19,20)18(2)10-11-6-4-3-5-7-11/h3-9H,10H2,1-2H3,(H,16,17). The predicted octanol–water partition coefficient (Wildman–Crippen LogP) is 2.71. The summed E-state index contributed by atoms with van der Waals surface area (Å²) in [5.41, 5.74) is 1.43. The lowest BCUT2D eigenvalue weighted by atomic mass is 10.2. The summed E-state index contributed by atoms with van der Waals surface area (Å²) in [5.74, 6) is 0. The molecular formula is C14H16BrN3O2S. The van der Waals surface area contributed by atoms with Gasteiger partial charge in [-0.25, -0.2) is 8.42 Å². The fourth-order valence-corrected chi connectivity index (χ4v) is 3.93. The summed E-state index contributed by atoms with van der Waals surface area (Å²) in [4.78, 5) is 4.11. The number of nitrogens with zero attached hydrogens (tertiary/aromatic N) is 2. The minimum absolute atomic E-state index is 0.151. The lowest BCUT2D eigenvalue weighted by Gasteiger charge is -2.19. The van der Waals surface area contributed by atoms with Gasteiger partial charge in [0, 0.05) is 33.0 Å². The Morgan fingerprint density at radius 3 is 2.52 bits per heavy atom. The van der Waals surface area contributed by atoms with Gasteiger partial charge in [-0.1, -0.05) is 30.3 Å². The molecule has 0 fully saturated rings. The predicted molar refractivity (Wildman–Crippen MR) is 86.6 cm³/mol. The molecule has 7 heteroatoms. The average molecular weight is 370 g/mol. The highest BCUT2D eigenvalue weighted by Crippen LogP contribution is 2.30. The number of hydrogen-bond acceptors (Lipinski definition) is 4. The van der Waals surface area contributed by atoms with Gasteiger partial charge in [0.05, 0.1) is 10.2 Å². The Morgan fingerprint density at radius 2 is 1.90 bits per heavy atom. The van der Waals surface area contributed by atoms with Crippen molar-refractivity contribution in [1.29, 1.82) is 0 Å². The van der Waals surface area contributed by atoms with Gasteiger partial charge < -0.3 is 5.32 Å². The Hall–Kier alpha value is -1.44. The third kappa shape index (κ3) is 3.42. The van der Waals surface area contributed by atoms with E-state index in [4.69, 9.17) is 0 Å². The Balaban J connectivity index is 2.36. The zero-order valence-electron chi connectivity index (χ0n) is 11.7. The smallest absolute Gasteiger partial charge is 0.246 e. The van der Waals surface area contributed by atoms with Crippen molar-refractivity contribution in [3.8, 4) is 0 Å². The summed E-state index contributed by atoms with van der Waals surface area (Å²) in [6, 6.07) is 9.45. The first-order valence-corrected chi connectivity index (χ1v) is 8.51. The largest absolute Gasteiger partial charge is 0.386 e. The second-order valence-corrected chi connectivity index (χ2v) is 7.36. The first-order valence-electron chi connectivity index (χ1n) is 6.28. The molecule has 2 aromatic rings. The van der Waals surface area contributed by atoms with Crippen LogP contribution in [0.1, 0.15) is 5.56 Å². The number of hydrogen-bond donors (Lipinski definition) is 1. The van der Waals surface area contributed by atoms with Crippen molar-refractivity contribution in [2.75, 3.05) is 19.4 Å². The maximum Gasteiger partial charge on any atom is 0.246 e. The van der Waals surface area contributed by atoms with E-state index in [2.05, 4.69) is 26.2 Å². The molecule has 0 atom stereocenters. The van der Waals surface area contributed by atoms with Crippen LogP contribution in [0, 0.1) is 0 Å². The van der Waals surface area contributed by atoms with Gasteiger partial charge >= 0.3 is 0 Å². The van der Waals surface area contributed by atoms with E-state index >= 15 is 0 Å². The Kier molecular flexibility index (Phi) is 4.97. The molecule has 1 aromatic carbocycles. The Morgan fingerprint density at radius 1 is 1.24 bits per heavy atom. The fourth-order valence-electron chi connectivity index (χ4n) is 1.95. The van der Waals surface area contributed by atoms with Crippen molar-refractivity contribution in [1.82, 2.24) is 9.29 Å². The molecule has 0 aliphatic carbocycles. The molecule has 1 heterocycles. The number of anilines is 1. The molecule has 0 saturated heterocycles. The van der Waals surface area contributed by atoms with Gasteiger partial charge in [-0.05, 0) is 21.5 Å². The summed E-state index contributed by atoms with van der Waals surface area (Å²) >= 11 is 3.31. The number of rotatable bonds is 5. The van der Waals surface area contributed by atoms with Crippen LogP contribution in [0.15, 0.2) is 52.1 Å². The SMILES string of the molecule is CNc1c(Br)cncc1S(=O)(=O)N(C)Cc1ccccc1. The highest BCUT2D eigenvalue weighted by atomic mass is 79.9. The molecule has 5 nitrogen and oxygen atoms in total. The van der Waals surface area contributed by atoms with Crippen molar-refractivity contribution < 1.29 is 8.42 Å². The molecule has 112 valence electrons. The van der Waals surface area contributed by atoms with Crippen LogP contribution in [0.5, 0.6) is 0 Å². The number of halogens is 1. The van der Waals surface area contributed by atoms with Crippen molar-refractivity contribution in [2.24, 2.45) is 0 Å². The van der Waals surface area contributed by atoms with E-state index < -0.39 is 10.0 Å². The van der Waals surface area contributed by atoms with E-state index in [1.165, 1.54) is 10.5 Å². The summed E-state index contributed by atoms with van der Waals surface area (Å²) in [7, 11) is -0.389. The normalized spacial score (nSPS) is 11.6. The minimum Gasteiger partial charge on any atom is -0.386 e. The first kappa shape index (κ1) is 15.9. The minimum atomic E-state index is -3.62. The zero-order valence-corrected chi connectivity index (χ0v) is 14.1. The van der Waals surface area contributed by atoms with E-state index in [1.807, 2.05) is 30.3 Å². The molecular weight excluding hydrogens is 354 g/mol. The average Bonchev–Trinajstić information content (AvgIpc) is 2.48. The molecule has 0 unspecified atom stereocenters. The number of aromatic nitrogens is 1. The number of benzene rings is 1. The van der Waals surface area contributed by atoms with E-state index in [1.54, 1.807) is 20.3 Å². The van der Waals surface area contributed by atoms with Gasteiger partial charge in [-0.3, -0.25) is 4.98 Å². The van der Waals surface area contributed by atoms with Gasteiger partial charge in [0.25, 0.3) is 0 Å². The van der Waals surface area contributed by atoms with E-state index in [-0.39, 0.29) is 4.90 Å². The highest BCUT2D eigenvalue weighted by Gasteiger charge is 2.25. The van der Waals surface area contributed by atoms with Crippen molar-refractivity contribution >= 4 is 31.6 Å². The molecule has 0 bridgehead atoms. The van der Waals surface area contributed by atoms with Crippen LogP contribution in [0.2, 0.25) is 0 Å². The third-order valence-corrected chi connectivity index (χ3v) is 5.47. The molecule has 0 spiro atoms. The molecule has 21 heavy (non-hydrogen) atoms. The van der Waals surface area contributed by atoms with Gasteiger partial charge in [0.15, 0.2) is 0 Å². The van der Waals surface area contributed by atoms with Crippen molar-refractivity contribution in [3.63, 3.8) is 0 Å². The van der Waals surface area contributed by atoms with Crippen LogP contribution < -0.4 is 5.32 Å². The van der Waals surface area contributed by atoms with Crippen LogP contribution in [-0.2, 0) is 16.6 Å². The fraction of sp³-hybridized carbons (Fsp3) is 0.214. The number of pyridine rings is 1. The van der Waals surface area contributed by atoms with Crippen LogP contribution in [-0.4, -0.2) is 31.8 Å². The maximum absolute atomic E-state index is 12.7. The van der Waals surface area contributed by atoms with Crippen molar-refractivity contribution in [3.05, 3.63) is 52.8 Å². The molecule has 0 amide bonds. The summed E-state index contributed by atoms with van der Waals surface area (Å²) in [6.07, 6.45) is 2.91. The molecule has 0 aliphatic rings. The van der Waals surface area contributed by atoms with Crippen LogP contribution in [0.4, 0.5) is 5.69 Å². The number of sulfonamides is 1. The summed E-state index contributed by atoms with van der Waals surface area (Å²) < 4.78 is 27.3. The molecule has 1 aromatic heterocycles.